The third-order valence-electron chi connectivity index (χ3n) is 5.79. The number of hydrogen-bond donors (Lipinski definition) is 1. The fourth-order valence-electron chi connectivity index (χ4n) is 4.24. The molecule has 138 valence electrons. The van der Waals surface area contributed by atoms with Gasteiger partial charge in [0.15, 0.2) is 0 Å². The van der Waals surface area contributed by atoms with E-state index in [0.29, 0.717) is 11.8 Å². The number of nitrogens with zero attached hydrogens (tertiary/aromatic N) is 2. The van der Waals surface area contributed by atoms with Crippen LogP contribution in [0.25, 0.3) is 11.5 Å². The molecular weight excluding hydrogens is 326 g/mol. The lowest BCUT2D eigenvalue weighted by molar-refractivity contribution is -0.120. The second-order valence-corrected chi connectivity index (χ2v) is 7.65. The fourth-order valence-corrected chi connectivity index (χ4v) is 4.24. The molecule has 2 fully saturated rings. The number of rotatable bonds is 4. The quantitative estimate of drug-likeness (QED) is 0.809. The second-order valence-electron chi connectivity index (χ2n) is 7.65. The lowest BCUT2D eigenvalue weighted by Gasteiger charge is -2.21. The van der Waals surface area contributed by atoms with E-state index < -0.39 is 0 Å². The molecular formula is C21H27N3O2. The smallest absolute Gasteiger partial charge is 0.249 e. The van der Waals surface area contributed by atoms with Crippen LogP contribution in [0.1, 0.15) is 76.0 Å². The Hall–Kier alpha value is -2.17. The van der Waals surface area contributed by atoms with Crippen molar-refractivity contribution in [3.05, 3.63) is 30.2 Å². The molecule has 1 amide bonds. The number of benzene rings is 1. The van der Waals surface area contributed by atoms with Crippen molar-refractivity contribution < 1.29 is 9.21 Å². The van der Waals surface area contributed by atoms with E-state index in [2.05, 4.69) is 15.5 Å². The van der Waals surface area contributed by atoms with Crippen molar-refractivity contribution in [1.82, 2.24) is 10.2 Å². The van der Waals surface area contributed by atoms with E-state index in [0.717, 1.165) is 55.7 Å². The Morgan fingerprint density at radius 1 is 0.923 bits per heavy atom. The summed E-state index contributed by atoms with van der Waals surface area (Å²) in [6.07, 6.45) is 11.5. The predicted octanol–water partition coefficient (Wildman–Crippen LogP) is 5.30. The Morgan fingerprint density at radius 3 is 2.38 bits per heavy atom. The van der Waals surface area contributed by atoms with Gasteiger partial charge in [-0.15, -0.1) is 10.2 Å². The van der Waals surface area contributed by atoms with Crippen LogP contribution in [0.15, 0.2) is 28.7 Å². The van der Waals surface area contributed by atoms with Crippen LogP contribution < -0.4 is 5.32 Å². The first kappa shape index (κ1) is 17.3. The summed E-state index contributed by atoms with van der Waals surface area (Å²) in [7, 11) is 0. The summed E-state index contributed by atoms with van der Waals surface area (Å²) in [5.74, 6) is 1.87. The highest BCUT2D eigenvalue weighted by Gasteiger charge is 2.24. The Bertz CT molecular complexity index is 743. The zero-order valence-corrected chi connectivity index (χ0v) is 15.2. The van der Waals surface area contributed by atoms with Crippen molar-refractivity contribution in [1.29, 1.82) is 0 Å². The zero-order valence-electron chi connectivity index (χ0n) is 15.2. The molecule has 2 aliphatic rings. The number of hydrogen-bond acceptors (Lipinski definition) is 4. The molecule has 0 bridgehead atoms. The largest absolute Gasteiger partial charge is 0.420 e. The molecule has 0 radical (unpaired) electrons. The highest BCUT2D eigenvalue weighted by Crippen LogP contribution is 2.35. The Balaban J connectivity index is 1.52. The van der Waals surface area contributed by atoms with Gasteiger partial charge >= 0.3 is 0 Å². The van der Waals surface area contributed by atoms with Crippen molar-refractivity contribution in [2.75, 3.05) is 5.32 Å². The molecule has 0 aliphatic heterocycles. The van der Waals surface area contributed by atoms with Crippen molar-refractivity contribution in [3.8, 4) is 11.5 Å². The number of nitrogens with one attached hydrogen (secondary N) is 1. The molecule has 0 spiro atoms. The van der Waals surface area contributed by atoms with Crippen molar-refractivity contribution in [2.24, 2.45) is 5.92 Å². The Morgan fingerprint density at radius 2 is 1.62 bits per heavy atom. The molecule has 1 aromatic carbocycles. The summed E-state index contributed by atoms with van der Waals surface area (Å²) < 4.78 is 6.00. The third kappa shape index (κ3) is 3.81. The Labute approximate surface area is 154 Å². The molecule has 2 aromatic rings. The maximum atomic E-state index is 12.6. The van der Waals surface area contributed by atoms with Crippen LogP contribution in [-0.4, -0.2) is 16.1 Å². The molecule has 0 atom stereocenters. The predicted molar refractivity (Wildman–Crippen MR) is 101 cm³/mol. The lowest BCUT2D eigenvalue weighted by atomic mass is 9.88. The van der Waals surface area contributed by atoms with E-state index in [1.165, 1.54) is 25.7 Å². The van der Waals surface area contributed by atoms with Gasteiger partial charge in [-0.05, 0) is 37.8 Å². The van der Waals surface area contributed by atoms with Gasteiger partial charge in [-0.1, -0.05) is 50.7 Å². The van der Waals surface area contributed by atoms with Gasteiger partial charge in [0.1, 0.15) is 0 Å². The highest BCUT2D eigenvalue weighted by molar-refractivity contribution is 5.96. The summed E-state index contributed by atoms with van der Waals surface area (Å²) in [5, 5.41) is 11.7. The third-order valence-corrected chi connectivity index (χ3v) is 5.79. The normalized spacial score (nSPS) is 19.4. The second kappa shape index (κ2) is 8.02. The first-order chi connectivity index (χ1) is 12.8. The fraction of sp³-hybridized carbons (Fsp3) is 0.571. The molecule has 5 heteroatoms. The van der Waals surface area contributed by atoms with Gasteiger partial charge in [-0.25, -0.2) is 0 Å². The number of aromatic nitrogens is 2. The summed E-state index contributed by atoms with van der Waals surface area (Å²) in [5.41, 5.74) is 1.58. The number of carbonyl (C=O) groups excluding carboxylic acids is 1. The molecule has 0 unspecified atom stereocenters. The number of anilines is 1. The van der Waals surface area contributed by atoms with Crippen LogP contribution in [0.2, 0.25) is 0 Å². The molecule has 2 saturated carbocycles. The molecule has 1 N–H and O–H groups in total. The van der Waals surface area contributed by atoms with Gasteiger partial charge in [-0.3, -0.25) is 4.79 Å². The van der Waals surface area contributed by atoms with Crippen molar-refractivity contribution in [3.63, 3.8) is 0 Å². The van der Waals surface area contributed by atoms with Gasteiger partial charge in [-0.2, -0.15) is 0 Å². The monoisotopic (exact) mass is 353 g/mol. The summed E-state index contributed by atoms with van der Waals surface area (Å²) in [4.78, 5) is 12.6. The Kier molecular flexibility index (Phi) is 5.32. The maximum Gasteiger partial charge on any atom is 0.249 e. The van der Waals surface area contributed by atoms with Gasteiger partial charge in [0.2, 0.25) is 17.7 Å². The minimum Gasteiger partial charge on any atom is -0.420 e. The van der Waals surface area contributed by atoms with E-state index in [-0.39, 0.29) is 11.8 Å². The standard InChI is InChI=1S/C21H27N3O2/c25-19(15-9-3-1-4-10-15)22-18-14-8-7-13-17(18)21-24-23-20(26-21)16-11-5-2-6-12-16/h7-8,13-16H,1-6,9-12H2,(H,22,25). The van der Waals surface area contributed by atoms with Gasteiger partial charge in [0, 0.05) is 11.8 Å². The molecule has 26 heavy (non-hydrogen) atoms. The molecule has 5 nitrogen and oxygen atoms in total. The SMILES string of the molecule is O=C(Nc1ccccc1-c1nnc(C2CCCCC2)o1)C1CCCCC1. The molecule has 2 aliphatic carbocycles. The minimum absolute atomic E-state index is 0.115. The average molecular weight is 353 g/mol. The number of amides is 1. The van der Waals surface area contributed by atoms with E-state index in [4.69, 9.17) is 4.42 Å². The van der Waals surface area contributed by atoms with Crippen molar-refractivity contribution in [2.45, 2.75) is 70.1 Å². The zero-order chi connectivity index (χ0) is 17.8. The summed E-state index contributed by atoms with van der Waals surface area (Å²) in [6, 6.07) is 7.73. The summed E-state index contributed by atoms with van der Waals surface area (Å²) >= 11 is 0. The van der Waals surface area contributed by atoms with Crippen LogP contribution in [0.5, 0.6) is 0 Å². The molecule has 0 saturated heterocycles. The van der Waals surface area contributed by atoms with Crippen LogP contribution in [-0.2, 0) is 4.79 Å². The first-order valence-corrected chi connectivity index (χ1v) is 10.0. The van der Waals surface area contributed by atoms with E-state index in [1.807, 2.05) is 24.3 Å². The molecule has 4 rings (SSSR count). The maximum absolute atomic E-state index is 12.6. The van der Waals surface area contributed by atoms with Gasteiger partial charge in [0.25, 0.3) is 0 Å². The first-order valence-electron chi connectivity index (χ1n) is 10.0. The summed E-state index contributed by atoms with van der Waals surface area (Å²) in [6.45, 7) is 0. The van der Waals surface area contributed by atoms with Crippen LogP contribution in [0.4, 0.5) is 5.69 Å². The highest BCUT2D eigenvalue weighted by atomic mass is 16.4. The molecule has 1 heterocycles. The lowest BCUT2D eigenvalue weighted by Crippen LogP contribution is -2.24. The van der Waals surface area contributed by atoms with Crippen LogP contribution >= 0.6 is 0 Å². The van der Waals surface area contributed by atoms with E-state index >= 15 is 0 Å². The number of carbonyl (C=O) groups is 1. The van der Waals surface area contributed by atoms with Crippen LogP contribution in [0.3, 0.4) is 0 Å². The van der Waals surface area contributed by atoms with E-state index in [9.17, 15) is 4.79 Å². The topological polar surface area (TPSA) is 68.0 Å². The van der Waals surface area contributed by atoms with Gasteiger partial charge < -0.3 is 9.73 Å². The minimum atomic E-state index is 0.115. The number of para-hydroxylation sites is 1. The van der Waals surface area contributed by atoms with E-state index in [1.54, 1.807) is 0 Å². The van der Waals surface area contributed by atoms with Crippen LogP contribution in [0, 0.1) is 5.92 Å². The average Bonchev–Trinajstić information content (AvgIpc) is 3.20. The molecule has 1 aromatic heterocycles. The van der Waals surface area contributed by atoms with Crippen molar-refractivity contribution >= 4 is 11.6 Å². The van der Waals surface area contributed by atoms with Gasteiger partial charge in [0.05, 0.1) is 11.3 Å².